The topological polar surface area (TPSA) is 160 Å². The number of benzene rings is 4. The van der Waals surface area contributed by atoms with Gasteiger partial charge in [0.2, 0.25) is 0 Å². The normalized spacial score (nSPS) is 20.9. The van der Waals surface area contributed by atoms with E-state index in [4.69, 9.17) is 42.6 Å². The molecule has 13 nitrogen and oxygen atoms in total. The summed E-state index contributed by atoms with van der Waals surface area (Å²) in [6.07, 6.45) is 2.42. The van der Waals surface area contributed by atoms with E-state index in [0.29, 0.717) is 45.7 Å². The molecule has 8 rings (SSSR count). The minimum absolute atomic E-state index is 0.0883. The lowest BCUT2D eigenvalue weighted by Gasteiger charge is -2.31. The maximum absolute atomic E-state index is 11.9. The van der Waals surface area contributed by atoms with Gasteiger partial charge in [-0.2, -0.15) is 0 Å². The number of carbonyl (C=O) groups excluding carboxylic acids is 1. The quantitative estimate of drug-likeness (QED) is 0.0627. The molecule has 4 aliphatic heterocycles. The number of carboxylic acids is 1. The lowest BCUT2D eigenvalue weighted by atomic mass is 9.73. The number of hydrogen-bond donors (Lipinski definition) is 1. The Hall–Kier alpha value is -5.18. The van der Waals surface area contributed by atoms with Crippen LogP contribution in [0.3, 0.4) is 0 Å². The van der Waals surface area contributed by atoms with Crippen molar-refractivity contribution in [3.63, 3.8) is 0 Å². The van der Waals surface area contributed by atoms with Crippen LogP contribution in [0.2, 0.25) is 0 Å². The van der Waals surface area contributed by atoms with Gasteiger partial charge in [-0.15, -0.1) is 0 Å². The molecule has 4 aromatic carbocycles. The van der Waals surface area contributed by atoms with Crippen molar-refractivity contribution < 1.29 is 62.1 Å². The molecule has 4 heterocycles. The molecule has 1 N–H and O–H groups in total. The Kier molecular flexibility index (Phi) is 16.6. The highest BCUT2D eigenvalue weighted by molar-refractivity contribution is 5.69. The lowest BCUT2D eigenvalue weighted by molar-refractivity contribution is -0.141. The van der Waals surface area contributed by atoms with E-state index in [2.05, 4.69) is 42.8 Å². The number of aliphatic carboxylic acids is 1. The molecule has 4 aliphatic rings. The maximum atomic E-state index is 11.9. The minimum Gasteiger partial charge on any atom is -0.491 e. The zero-order chi connectivity index (χ0) is 44.0. The molecule has 0 bridgehead atoms. The fraction of sp³-hybridized carbons (Fsp3) is 0.469. The van der Waals surface area contributed by atoms with Gasteiger partial charge in [0.15, 0.2) is 0 Å². The number of carbonyl (C=O) groups is 2. The van der Waals surface area contributed by atoms with Gasteiger partial charge in [0.1, 0.15) is 73.8 Å². The van der Waals surface area contributed by atoms with Crippen LogP contribution in [0.5, 0.6) is 23.0 Å². The van der Waals surface area contributed by atoms with Crippen LogP contribution < -0.4 is 18.9 Å². The molecular weight excluding hydrogens is 797 g/mol. The predicted molar refractivity (Wildman–Crippen MR) is 231 cm³/mol. The van der Waals surface area contributed by atoms with Crippen molar-refractivity contribution in [2.75, 3.05) is 74.2 Å². The number of carboxylic acid groups (broad SMARTS) is 1. The third kappa shape index (κ3) is 14.5. The number of methoxy groups -OCH3 is 2. The molecule has 4 unspecified atom stereocenters. The Morgan fingerprint density at radius 2 is 0.742 bits per heavy atom. The third-order valence-corrected chi connectivity index (χ3v) is 11.2. The molecule has 0 aliphatic carbocycles. The zero-order valence-corrected chi connectivity index (χ0v) is 36.4. The van der Waals surface area contributed by atoms with Crippen LogP contribution in [0.1, 0.15) is 61.8 Å². The van der Waals surface area contributed by atoms with E-state index in [1.165, 1.54) is 7.11 Å². The van der Waals surface area contributed by atoms with E-state index in [1.807, 2.05) is 72.8 Å². The summed E-state index contributed by atoms with van der Waals surface area (Å²) in [7, 11) is 4.67. The SMILES string of the molecule is CC(CCC(=O)O)(c1ccc(OCC2CO2)cc1)c1ccc(OCC2CO2)cc1.COC.COC(=O)CCC(C)(c1ccc(OCC2CO2)cc1)c1ccc(OCC2CO2)cc1. The second kappa shape index (κ2) is 22.3. The Bertz CT molecular complexity index is 1850. The van der Waals surface area contributed by atoms with Crippen LogP contribution in [0.25, 0.3) is 0 Å². The van der Waals surface area contributed by atoms with Gasteiger partial charge in [-0.05, 0) is 83.6 Å². The zero-order valence-electron chi connectivity index (χ0n) is 36.4. The van der Waals surface area contributed by atoms with Gasteiger partial charge < -0.3 is 52.5 Å². The van der Waals surface area contributed by atoms with Crippen LogP contribution in [0, 0.1) is 0 Å². The van der Waals surface area contributed by atoms with Crippen molar-refractivity contribution in [1.29, 1.82) is 0 Å². The Labute approximate surface area is 364 Å². The molecule has 0 saturated carbocycles. The molecule has 13 heteroatoms. The molecule has 0 radical (unpaired) electrons. The largest absolute Gasteiger partial charge is 0.491 e. The summed E-state index contributed by atoms with van der Waals surface area (Å²) in [5.41, 5.74) is 3.53. The second-order valence-corrected chi connectivity index (χ2v) is 16.2. The van der Waals surface area contributed by atoms with Gasteiger partial charge in [0.25, 0.3) is 0 Å². The summed E-state index contributed by atoms with van der Waals surface area (Å²) in [5.74, 6) is 2.19. The Morgan fingerprint density at radius 1 is 0.500 bits per heavy atom. The highest BCUT2D eigenvalue weighted by atomic mass is 16.6. The van der Waals surface area contributed by atoms with E-state index in [9.17, 15) is 14.7 Å². The fourth-order valence-corrected chi connectivity index (χ4v) is 6.81. The monoisotopic (exact) mass is 856 g/mol. The van der Waals surface area contributed by atoms with Gasteiger partial charge in [0, 0.05) is 37.9 Å². The molecule has 0 amide bonds. The summed E-state index contributed by atoms with van der Waals surface area (Å²) in [6, 6.07) is 31.9. The van der Waals surface area contributed by atoms with Crippen molar-refractivity contribution in [1.82, 2.24) is 0 Å². The molecule has 4 fully saturated rings. The summed E-state index contributed by atoms with van der Waals surface area (Å²) in [6.45, 7) is 9.58. The van der Waals surface area contributed by atoms with Gasteiger partial charge in [-0.1, -0.05) is 62.4 Å². The van der Waals surface area contributed by atoms with Gasteiger partial charge in [0.05, 0.1) is 33.5 Å². The van der Waals surface area contributed by atoms with Gasteiger partial charge >= 0.3 is 11.9 Å². The maximum Gasteiger partial charge on any atom is 0.305 e. The highest BCUT2D eigenvalue weighted by Gasteiger charge is 2.32. The van der Waals surface area contributed by atoms with Crippen molar-refractivity contribution in [3.05, 3.63) is 119 Å². The first-order chi connectivity index (χ1) is 30.0. The molecule has 4 aromatic rings. The van der Waals surface area contributed by atoms with E-state index < -0.39 is 11.4 Å². The fourth-order valence-electron chi connectivity index (χ4n) is 6.81. The predicted octanol–water partition coefficient (Wildman–Crippen LogP) is 7.18. The number of epoxide rings is 4. The first-order valence-electron chi connectivity index (χ1n) is 21.1. The molecule has 334 valence electrons. The summed E-state index contributed by atoms with van der Waals surface area (Å²) < 4.78 is 52.8. The van der Waals surface area contributed by atoms with Gasteiger partial charge in [-0.3, -0.25) is 9.59 Å². The third-order valence-electron chi connectivity index (χ3n) is 11.2. The molecule has 62 heavy (non-hydrogen) atoms. The molecule has 0 aromatic heterocycles. The van der Waals surface area contributed by atoms with E-state index in [-0.39, 0.29) is 42.2 Å². The van der Waals surface area contributed by atoms with Crippen molar-refractivity contribution in [2.45, 2.75) is 74.8 Å². The second-order valence-electron chi connectivity index (χ2n) is 16.2. The van der Waals surface area contributed by atoms with E-state index in [1.54, 1.807) is 14.2 Å². The van der Waals surface area contributed by atoms with Crippen LogP contribution in [-0.2, 0) is 48.8 Å². The average molecular weight is 857 g/mol. The molecular formula is C49H60O13. The standard InChI is InChI=1S/C24H28O6.C23H26O6.C2H6O/c1-24(12-11-23(25)26-2,17-3-7-19(8-4-17)27-13-21-15-29-21)18-5-9-20(10-6-18)28-14-22-16-30-22;1-23(11-10-22(24)25,16-2-6-18(7-3-16)26-12-20-14-28-20)17-4-8-19(9-5-17)27-13-21-15-29-21;1-3-2/h3-10,21-22H,11-16H2,1-2H3;2-9,20-21H,10-15H2,1H3,(H,24,25);1-2H3. The van der Waals surface area contributed by atoms with E-state index >= 15 is 0 Å². The Morgan fingerprint density at radius 3 is 0.952 bits per heavy atom. The first-order valence-corrected chi connectivity index (χ1v) is 21.1. The Balaban J connectivity index is 0.000000195. The van der Waals surface area contributed by atoms with Crippen molar-refractivity contribution >= 4 is 11.9 Å². The molecule has 0 spiro atoms. The number of esters is 1. The highest BCUT2D eigenvalue weighted by Crippen LogP contribution is 2.40. The smallest absolute Gasteiger partial charge is 0.305 e. The first kappa shape index (κ1) is 46.3. The van der Waals surface area contributed by atoms with Gasteiger partial charge in [-0.25, -0.2) is 0 Å². The number of hydrogen-bond acceptors (Lipinski definition) is 12. The van der Waals surface area contributed by atoms with Crippen molar-refractivity contribution in [2.24, 2.45) is 0 Å². The summed E-state index contributed by atoms with van der Waals surface area (Å²) in [5, 5.41) is 9.25. The number of ether oxygens (including phenoxy) is 10. The van der Waals surface area contributed by atoms with Crippen LogP contribution in [0.15, 0.2) is 97.1 Å². The molecule has 4 atom stereocenters. The van der Waals surface area contributed by atoms with E-state index in [0.717, 1.165) is 71.7 Å². The van der Waals surface area contributed by atoms with Crippen LogP contribution >= 0.6 is 0 Å². The molecule has 4 saturated heterocycles. The van der Waals surface area contributed by atoms with Crippen molar-refractivity contribution in [3.8, 4) is 23.0 Å². The average Bonchev–Trinajstić information content (AvgIpc) is 4.06. The number of rotatable bonds is 22. The lowest BCUT2D eigenvalue weighted by Crippen LogP contribution is -2.25. The van der Waals surface area contributed by atoms with Crippen LogP contribution in [0.4, 0.5) is 0 Å². The summed E-state index contributed by atoms with van der Waals surface area (Å²) in [4.78, 5) is 23.1. The van der Waals surface area contributed by atoms with Crippen LogP contribution in [-0.4, -0.2) is 116 Å². The minimum atomic E-state index is -0.801. The summed E-state index contributed by atoms with van der Waals surface area (Å²) >= 11 is 0.